The van der Waals surface area contributed by atoms with Crippen LogP contribution in [-0.4, -0.2) is 30.0 Å². The number of hydrogen-bond acceptors (Lipinski definition) is 4. The van der Waals surface area contributed by atoms with Gasteiger partial charge in [-0.05, 0) is 49.2 Å². The van der Waals surface area contributed by atoms with Crippen molar-refractivity contribution in [2.45, 2.75) is 32.9 Å². The fourth-order valence-electron chi connectivity index (χ4n) is 4.19. The zero-order chi connectivity index (χ0) is 25.1. The van der Waals surface area contributed by atoms with E-state index in [1.807, 2.05) is 84.5 Å². The molecule has 0 saturated heterocycles. The maximum absolute atomic E-state index is 13.6. The van der Waals surface area contributed by atoms with Gasteiger partial charge in [0.1, 0.15) is 10.9 Å². The average molecular weight is 501 g/mol. The Morgan fingerprint density at radius 2 is 1.69 bits per heavy atom. The molecule has 0 radical (unpaired) electrons. The fourth-order valence-corrected chi connectivity index (χ4v) is 4.39. The number of halogens is 1. The van der Waals surface area contributed by atoms with E-state index in [1.165, 1.54) is 4.68 Å². The van der Waals surface area contributed by atoms with Crippen LogP contribution in [0.2, 0.25) is 5.02 Å². The van der Waals surface area contributed by atoms with Crippen LogP contribution in [-0.2, 0) is 17.9 Å². The van der Waals surface area contributed by atoms with Gasteiger partial charge in [0.25, 0.3) is 5.56 Å². The van der Waals surface area contributed by atoms with E-state index < -0.39 is 0 Å². The summed E-state index contributed by atoms with van der Waals surface area (Å²) in [6.07, 6.45) is 4.51. The maximum atomic E-state index is 13.6. The second-order valence-electron chi connectivity index (χ2n) is 8.47. The minimum Gasteiger partial charge on any atom is -0.352 e. The van der Waals surface area contributed by atoms with Gasteiger partial charge in [0.15, 0.2) is 5.82 Å². The first-order valence-electron chi connectivity index (χ1n) is 11.7. The van der Waals surface area contributed by atoms with Gasteiger partial charge in [0.2, 0.25) is 5.91 Å². The molecule has 0 aliphatic rings. The number of para-hydroxylation sites is 1. The summed E-state index contributed by atoms with van der Waals surface area (Å²) < 4.78 is 5.09. The van der Waals surface area contributed by atoms with Crippen LogP contribution in [0.4, 0.5) is 0 Å². The number of carbonyl (C=O) groups excluding carboxylic acids is 1. The van der Waals surface area contributed by atoms with Gasteiger partial charge in [0, 0.05) is 36.9 Å². The van der Waals surface area contributed by atoms with E-state index in [0.29, 0.717) is 46.9 Å². The third-order valence-corrected chi connectivity index (χ3v) is 6.35. The van der Waals surface area contributed by atoms with Crippen molar-refractivity contribution >= 4 is 28.4 Å². The summed E-state index contributed by atoms with van der Waals surface area (Å²) in [5.41, 5.74) is 2.67. The molecule has 2 aromatic carbocycles. The second kappa shape index (κ2) is 10.2. The number of fused-ring (bicyclic) bond motifs is 1. The highest BCUT2D eigenvalue weighted by Gasteiger charge is 2.21. The van der Waals surface area contributed by atoms with Crippen molar-refractivity contribution in [3.63, 3.8) is 0 Å². The van der Waals surface area contributed by atoms with Crippen LogP contribution in [0.5, 0.6) is 0 Å². The van der Waals surface area contributed by atoms with E-state index in [0.717, 1.165) is 11.3 Å². The van der Waals surface area contributed by atoms with E-state index in [9.17, 15) is 9.59 Å². The lowest BCUT2D eigenvalue weighted by atomic mass is 10.2. The first-order valence-corrected chi connectivity index (χ1v) is 12.1. The largest absolute Gasteiger partial charge is 0.352 e. The number of rotatable bonds is 8. The number of carbonyl (C=O) groups is 1. The van der Waals surface area contributed by atoms with Crippen LogP contribution in [0.1, 0.15) is 24.1 Å². The van der Waals surface area contributed by atoms with Crippen molar-refractivity contribution in [3.8, 4) is 11.5 Å². The molecule has 3 aromatic heterocycles. The molecule has 0 aliphatic carbocycles. The third-order valence-electron chi connectivity index (χ3n) is 5.98. The Kier molecular flexibility index (Phi) is 6.69. The monoisotopic (exact) mass is 500 g/mol. The van der Waals surface area contributed by atoms with Gasteiger partial charge in [-0.25, -0.2) is 9.36 Å². The van der Waals surface area contributed by atoms with Gasteiger partial charge in [0.05, 0.1) is 11.4 Å². The molecule has 0 bridgehead atoms. The quantitative estimate of drug-likeness (QED) is 0.341. The normalized spacial score (nSPS) is 11.2. The number of benzene rings is 2. The van der Waals surface area contributed by atoms with E-state index in [1.54, 1.807) is 10.7 Å². The number of amides is 1. The molecule has 8 nitrogen and oxygen atoms in total. The Hall–Kier alpha value is -4.17. The molecule has 0 fully saturated rings. The molecule has 0 spiro atoms. The van der Waals surface area contributed by atoms with Crippen molar-refractivity contribution < 1.29 is 4.79 Å². The van der Waals surface area contributed by atoms with E-state index in [2.05, 4.69) is 10.4 Å². The molecular formula is C27H25ClN6O2. The minimum atomic E-state index is -0.238. The summed E-state index contributed by atoms with van der Waals surface area (Å²) >= 11 is 6.16. The standard InChI is InChI=1S/C27H25ClN6O2/c1-19-25-24(26(32-15-7-8-16-32)34(31-25)21-11-3-2-4-12-21)27(36)33(30-19)17-9-14-23(35)29-18-20-10-5-6-13-22(20)28/h2-8,10-13,15-16H,9,14,17-18H2,1H3,(H,29,35). The Morgan fingerprint density at radius 3 is 2.44 bits per heavy atom. The van der Waals surface area contributed by atoms with Gasteiger partial charge in [-0.15, -0.1) is 0 Å². The maximum Gasteiger partial charge on any atom is 0.280 e. The Labute approximate surface area is 212 Å². The molecule has 182 valence electrons. The molecule has 5 rings (SSSR count). The molecule has 1 N–H and O–H groups in total. The summed E-state index contributed by atoms with van der Waals surface area (Å²) in [5, 5.41) is 13.2. The summed E-state index contributed by atoms with van der Waals surface area (Å²) in [7, 11) is 0. The Bertz CT molecular complexity index is 1570. The lowest BCUT2D eigenvalue weighted by molar-refractivity contribution is -0.121. The van der Waals surface area contributed by atoms with Crippen molar-refractivity contribution in [3.05, 3.63) is 106 Å². The Morgan fingerprint density at radius 1 is 0.972 bits per heavy atom. The first kappa shape index (κ1) is 23.6. The van der Waals surface area contributed by atoms with Gasteiger partial charge >= 0.3 is 0 Å². The highest BCUT2D eigenvalue weighted by molar-refractivity contribution is 6.31. The van der Waals surface area contributed by atoms with Crippen molar-refractivity contribution in [2.24, 2.45) is 0 Å². The molecule has 1 amide bonds. The van der Waals surface area contributed by atoms with Crippen LogP contribution < -0.4 is 10.9 Å². The number of aromatic nitrogens is 5. The summed E-state index contributed by atoms with van der Waals surface area (Å²) in [4.78, 5) is 26.0. The van der Waals surface area contributed by atoms with E-state index >= 15 is 0 Å². The lowest BCUT2D eigenvalue weighted by Gasteiger charge is -2.10. The van der Waals surface area contributed by atoms with Crippen LogP contribution in [0.15, 0.2) is 83.9 Å². The van der Waals surface area contributed by atoms with Crippen molar-refractivity contribution in [1.29, 1.82) is 0 Å². The number of nitrogens with one attached hydrogen (secondary N) is 1. The van der Waals surface area contributed by atoms with E-state index in [-0.39, 0.29) is 17.9 Å². The first-order chi connectivity index (χ1) is 17.5. The predicted molar refractivity (Wildman–Crippen MR) is 140 cm³/mol. The van der Waals surface area contributed by atoms with Crippen molar-refractivity contribution in [1.82, 2.24) is 29.4 Å². The highest BCUT2D eigenvalue weighted by Crippen LogP contribution is 2.24. The smallest absolute Gasteiger partial charge is 0.280 e. The molecule has 5 aromatic rings. The molecule has 0 unspecified atom stereocenters. The molecule has 0 aliphatic heterocycles. The predicted octanol–water partition coefficient (Wildman–Crippen LogP) is 4.43. The molecule has 9 heteroatoms. The second-order valence-corrected chi connectivity index (χ2v) is 8.88. The molecule has 3 heterocycles. The minimum absolute atomic E-state index is 0.106. The van der Waals surface area contributed by atoms with Gasteiger partial charge in [-0.1, -0.05) is 48.0 Å². The zero-order valence-corrected chi connectivity index (χ0v) is 20.5. The highest BCUT2D eigenvalue weighted by atomic mass is 35.5. The fraction of sp³-hybridized carbons (Fsp3) is 0.185. The van der Waals surface area contributed by atoms with Crippen LogP contribution >= 0.6 is 11.6 Å². The summed E-state index contributed by atoms with van der Waals surface area (Å²) in [6.45, 7) is 2.52. The zero-order valence-electron chi connectivity index (χ0n) is 19.8. The topological polar surface area (TPSA) is 86.7 Å². The number of hydrogen-bond donors (Lipinski definition) is 1. The number of aryl methyl sites for hydroxylation is 2. The van der Waals surface area contributed by atoms with Gasteiger partial charge in [-0.3, -0.25) is 9.59 Å². The van der Waals surface area contributed by atoms with Crippen LogP contribution in [0, 0.1) is 6.92 Å². The molecule has 0 saturated carbocycles. The van der Waals surface area contributed by atoms with Crippen LogP contribution in [0.3, 0.4) is 0 Å². The lowest BCUT2D eigenvalue weighted by Crippen LogP contribution is -2.26. The molecule has 36 heavy (non-hydrogen) atoms. The third kappa shape index (κ3) is 4.67. The van der Waals surface area contributed by atoms with Crippen LogP contribution in [0.25, 0.3) is 22.4 Å². The van der Waals surface area contributed by atoms with Gasteiger partial charge < -0.3 is 9.88 Å². The Balaban J connectivity index is 1.40. The number of nitrogens with zero attached hydrogens (tertiary/aromatic N) is 5. The summed E-state index contributed by atoms with van der Waals surface area (Å²) in [5.74, 6) is 0.550. The average Bonchev–Trinajstić information content (AvgIpc) is 3.55. The van der Waals surface area contributed by atoms with E-state index in [4.69, 9.17) is 16.7 Å². The molecule has 0 atom stereocenters. The van der Waals surface area contributed by atoms with Gasteiger partial charge in [-0.2, -0.15) is 10.2 Å². The SMILES string of the molecule is Cc1nn(CCCC(=O)NCc2ccccc2Cl)c(=O)c2c(-n3cccc3)n(-c3ccccc3)nc12. The summed E-state index contributed by atoms with van der Waals surface area (Å²) in [6, 6.07) is 20.9. The van der Waals surface area contributed by atoms with Crippen molar-refractivity contribution in [2.75, 3.05) is 0 Å². The molecular weight excluding hydrogens is 476 g/mol.